The minimum absolute atomic E-state index is 0.0628. The van der Waals surface area contributed by atoms with E-state index >= 15 is 0 Å². The number of fused-ring (bicyclic) bond motifs is 8. The predicted octanol–water partition coefficient (Wildman–Crippen LogP) is 9.73. The molecule has 7 aliphatic rings. The van der Waals surface area contributed by atoms with E-state index in [-0.39, 0.29) is 91.0 Å². The average Bonchev–Trinajstić information content (AvgIpc) is 1.54. The lowest BCUT2D eigenvalue weighted by Gasteiger charge is -2.38. The summed E-state index contributed by atoms with van der Waals surface area (Å²) in [4.78, 5) is 71.4. The molecule has 84 heavy (non-hydrogen) atoms. The lowest BCUT2D eigenvalue weighted by molar-refractivity contribution is -0.386. The molecule has 2 amide bonds. The first kappa shape index (κ1) is 58.8. The van der Waals surface area contributed by atoms with E-state index in [0.29, 0.717) is 36.0 Å². The second-order valence-corrected chi connectivity index (χ2v) is 24.7. The van der Waals surface area contributed by atoms with Crippen molar-refractivity contribution in [1.29, 1.82) is 0 Å². The molecule has 5 fully saturated rings. The first-order valence-corrected chi connectivity index (χ1v) is 28.7. The molecule has 3 saturated heterocycles. The number of anilines is 2. The number of hydrogen-bond donors (Lipinski definition) is 0. The van der Waals surface area contributed by atoms with Crippen LogP contribution in [0.1, 0.15) is 90.2 Å². The third-order valence-corrected chi connectivity index (χ3v) is 18.1. The van der Waals surface area contributed by atoms with Crippen molar-refractivity contribution in [2.45, 2.75) is 113 Å². The minimum Gasteiger partial charge on any atom is -0.473 e. The molecule has 2 aromatic carbocycles. The summed E-state index contributed by atoms with van der Waals surface area (Å²) < 4.78 is 74.8. The molecule has 0 atom stereocenters. The van der Waals surface area contributed by atoms with E-state index in [0.717, 1.165) is 93.9 Å². The zero-order valence-electron chi connectivity index (χ0n) is 47.3. The van der Waals surface area contributed by atoms with Crippen molar-refractivity contribution in [1.82, 2.24) is 29.7 Å². The van der Waals surface area contributed by atoms with Gasteiger partial charge in [-0.15, -0.1) is 0 Å². The number of likely N-dealkylation sites (N-methyl/N-ethyl adjacent to an activating group) is 2. The molecular weight excluding hydrogens is 1160 g/mol. The number of aromatic nitrogens is 4. The first-order chi connectivity index (χ1) is 39.7. The van der Waals surface area contributed by atoms with Gasteiger partial charge in [-0.05, 0) is 111 Å². The number of carbonyl (C=O) groups is 2. The zero-order valence-corrected chi connectivity index (χ0v) is 48.8. The number of pyridine rings is 4. The zero-order chi connectivity index (χ0) is 59.9. The molecule has 442 valence electrons. The number of benzene rings is 2. The molecule has 2 aliphatic carbocycles. The van der Waals surface area contributed by atoms with Crippen LogP contribution in [0, 0.1) is 20.2 Å². The maximum atomic E-state index is 13.1. The lowest BCUT2D eigenvalue weighted by atomic mass is 9.64. The van der Waals surface area contributed by atoms with E-state index in [4.69, 9.17) is 18.8 Å². The molecule has 2 saturated carbocycles. The van der Waals surface area contributed by atoms with Crippen LogP contribution in [0.25, 0.3) is 32.9 Å². The van der Waals surface area contributed by atoms with Crippen LogP contribution in [0.2, 0.25) is 0 Å². The number of amides is 2. The van der Waals surface area contributed by atoms with Gasteiger partial charge in [-0.25, -0.2) is 27.5 Å². The van der Waals surface area contributed by atoms with Gasteiger partial charge in [-0.1, -0.05) is 31.0 Å². The normalized spacial score (nSPS) is 20.7. The van der Waals surface area contributed by atoms with Crippen LogP contribution in [0.4, 0.5) is 40.3 Å². The number of likely N-dealkylation sites (tertiary alicyclic amines) is 2. The van der Waals surface area contributed by atoms with E-state index in [1.165, 1.54) is 24.5 Å². The summed E-state index contributed by atoms with van der Waals surface area (Å²) in [5.74, 6) is -5.07. The number of nitrogens with zero attached hydrogens (tertiary/aromatic N) is 10. The second-order valence-electron chi connectivity index (χ2n) is 23.8. The molecule has 0 unspecified atom stereocenters. The number of alkyl halides is 4. The van der Waals surface area contributed by atoms with Crippen molar-refractivity contribution in [3.63, 3.8) is 0 Å². The fourth-order valence-corrected chi connectivity index (χ4v) is 12.5. The SMILES string of the molecule is CN1C(=O)C2(CCC2)c2c1cnc1ccc(-c3cnc(OCCCN4CC(F)(F)C4)c([N+](=O)[O-])c3)cc21.CN1C(=O)C2(CCC2)c2c1cnc1ccc(B3OC(C)(C)C(C)(C)O3)cc21.O=[N+]([O-])c1cc(Br)cnc1OCCCN1CC(F)(F)C1. The van der Waals surface area contributed by atoms with Crippen LogP contribution < -0.4 is 24.7 Å². The number of rotatable bonds is 14. The van der Waals surface area contributed by atoms with Crippen LogP contribution in [0.5, 0.6) is 11.8 Å². The summed E-state index contributed by atoms with van der Waals surface area (Å²) in [7, 11) is 3.22. The predicted molar refractivity (Wildman–Crippen MR) is 309 cm³/mol. The molecule has 0 bridgehead atoms. The Morgan fingerprint density at radius 1 is 0.619 bits per heavy atom. The topological polar surface area (TPSA) is 222 Å². The third kappa shape index (κ3) is 10.7. The van der Waals surface area contributed by atoms with Crippen molar-refractivity contribution >= 4 is 84.9 Å². The number of ether oxygens (including phenoxy) is 2. The summed E-state index contributed by atoms with van der Waals surface area (Å²) in [6, 6.07) is 14.5. The quantitative estimate of drug-likeness (QED) is 0.0325. The van der Waals surface area contributed by atoms with E-state index < -0.39 is 34.2 Å². The molecule has 9 heterocycles. The smallest absolute Gasteiger partial charge is 0.473 e. The van der Waals surface area contributed by atoms with Crippen molar-refractivity contribution < 1.29 is 55.8 Å². The molecule has 2 spiro atoms. The summed E-state index contributed by atoms with van der Waals surface area (Å²) in [5.41, 5.74) is 5.68. The Morgan fingerprint density at radius 3 is 1.52 bits per heavy atom. The Morgan fingerprint density at radius 2 is 1.07 bits per heavy atom. The Balaban J connectivity index is 0.000000138. The second kappa shape index (κ2) is 21.8. The third-order valence-electron chi connectivity index (χ3n) is 17.7. The van der Waals surface area contributed by atoms with Gasteiger partial charge in [-0.3, -0.25) is 49.6 Å². The van der Waals surface area contributed by atoms with E-state index in [9.17, 15) is 47.4 Å². The standard InChI is InChI=1S/C26H25F2N5O4.C21H25BN2O3.C11H12BrF2N3O3/c1-31-21-13-29-19-5-4-16(10-18(19)22(21)25(24(31)34)6-2-7-25)17-11-20(33(35)36)23(30-12-17)37-9-3-8-32-14-26(27,28)15-32;1-19(2)20(3,4)27-22(26-19)13-7-8-15-14(11-13)17-16(12-23-15)24(5)18(25)21(17)9-6-10-21;12-8-4-9(17(18)19)10(15-5-8)20-3-1-2-16-6-11(13,14)7-16/h4-5,10-13H,2-3,6-9,14-15H2,1H3;7-8,11-12H,6,9-10H2,1-5H3;4-5H,1-3,6-7H2. The van der Waals surface area contributed by atoms with Crippen LogP contribution in [0.3, 0.4) is 0 Å². The first-order valence-electron chi connectivity index (χ1n) is 27.9. The molecule has 4 aromatic heterocycles. The Bertz CT molecular complexity index is 3620. The van der Waals surface area contributed by atoms with Crippen LogP contribution >= 0.6 is 15.9 Å². The summed E-state index contributed by atoms with van der Waals surface area (Å²) in [6.07, 6.45) is 13.0. The van der Waals surface area contributed by atoms with Gasteiger partial charge in [0.1, 0.15) is 0 Å². The molecule has 5 aliphatic heterocycles. The molecular formula is C58H62BBrF4N10O10. The van der Waals surface area contributed by atoms with Crippen molar-refractivity contribution in [3.8, 4) is 22.9 Å². The van der Waals surface area contributed by atoms with Gasteiger partial charge >= 0.3 is 18.5 Å². The van der Waals surface area contributed by atoms with Gasteiger partial charge in [0.2, 0.25) is 11.8 Å². The van der Waals surface area contributed by atoms with Crippen LogP contribution in [-0.2, 0) is 29.7 Å². The van der Waals surface area contributed by atoms with E-state index in [1.807, 2.05) is 43.6 Å². The Labute approximate surface area is 489 Å². The lowest BCUT2D eigenvalue weighted by Crippen LogP contribution is -2.56. The monoisotopic (exact) mass is 1220 g/mol. The van der Waals surface area contributed by atoms with E-state index in [1.54, 1.807) is 32.8 Å². The highest BCUT2D eigenvalue weighted by Gasteiger charge is 2.57. The number of carbonyl (C=O) groups excluding carboxylic acids is 2. The number of halogens is 5. The van der Waals surface area contributed by atoms with Crippen LogP contribution in [-0.4, -0.2) is 148 Å². The summed E-state index contributed by atoms with van der Waals surface area (Å²) in [6.45, 7) is 8.46. The molecule has 0 N–H and O–H groups in total. The van der Waals surface area contributed by atoms with E-state index in [2.05, 4.69) is 69.6 Å². The van der Waals surface area contributed by atoms with Gasteiger partial charge in [0, 0.05) is 83.6 Å². The highest BCUT2D eigenvalue weighted by molar-refractivity contribution is 9.10. The molecule has 13 rings (SSSR count). The maximum absolute atomic E-state index is 13.1. The molecule has 20 nitrogen and oxygen atoms in total. The Kier molecular flexibility index (Phi) is 15.3. The highest BCUT2D eigenvalue weighted by Crippen LogP contribution is 2.56. The van der Waals surface area contributed by atoms with Gasteiger partial charge in [0.25, 0.3) is 23.6 Å². The summed E-state index contributed by atoms with van der Waals surface area (Å²) in [5, 5.41) is 24.5. The van der Waals surface area contributed by atoms with Gasteiger partial charge < -0.3 is 28.6 Å². The van der Waals surface area contributed by atoms with Crippen molar-refractivity contribution in [3.05, 3.63) is 109 Å². The molecule has 6 aromatic rings. The maximum Gasteiger partial charge on any atom is 0.494 e. The summed E-state index contributed by atoms with van der Waals surface area (Å²) >= 11 is 3.09. The van der Waals surface area contributed by atoms with Crippen molar-refractivity contribution in [2.24, 2.45) is 0 Å². The fourth-order valence-electron chi connectivity index (χ4n) is 12.2. The largest absolute Gasteiger partial charge is 0.494 e. The van der Waals surface area contributed by atoms with Crippen LogP contribution in [0.15, 0.2) is 77.8 Å². The minimum atomic E-state index is -2.63. The fraction of sp³-hybridized carbons (Fsp3) is 0.483. The molecule has 26 heteroatoms. The van der Waals surface area contributed by atoms with Gasteiger partial charge in [-0.2, -0.15) is 0 Å². The highest BCUT2D eigenvalue weighted by atomic mass is 79.9. The molecule has 0 radical (unpaired) electrons. The number of hydrogen-bond acceptors (Lipinski definition) is 16. The van der Waals surface area contributed by atoms with Crippen molar-refractivity contribution in [2.75, 3.05) is 76.4 Å². The number of nitro groups is 2. The van der Waals surface area contributed by atoms with Gasteiger partial charge in [0.05, 0.1) is 106 Å². The Hall–Kier alpha value is -7.00. The van der Waals surface area contributed by atoms with Gasteiger partial charge in [0.15, 0.2) is 0 Å². The average molecular weight is 1230 g/mol.